The summed E-state index contributed by atoms with van der Waals surface area (Å²) in [6.45, 7) is 2.19. The smallest absolute Gasteiger partial charge is 0.341 e. The molecule has 2 aromatic carbocycles. The minimum Gasteiger partial charge on any atom is -0.496 e. The van der Waals surface area contributed by atoms with Crippen LogP contribution in [-0.4, -0.2) is 25.9 Å². The van der Waals surface area contributed by atoms with E-state index < -0.39 is 0 Å². The van der Waals surface area contributed by atoms with Gasteiger partial charge in [0.05, 0.1) is 19.3 Å². The van der Waals surface area contributed by atoms with Crippen LogP contribution in [-0.2, 0) is 17.6 Å². The first kappa shape index (κ1) is 17.7. The van der Waals surface area contributed by atoms with Crippen LogP contribution in [0.3, 0.4) is 0 Å². The molecule has 0 aliphatic heterocycles. The molecule has 1 aromatic heterocycles. The minimum absolute atomic E-state index is 0.270. The number of esters is 1. The van der Waals surface area contributed by atoms with Gasteiger partial charge in [-0.2, -0.15) is 0 Å². The van der Waals surface area contributed by atoms with E-state index >= 15 is 0 Å². The van der Waals surface area contributed by atoms with E-state index in [1.807, 2.05) is 37.4 Å². The average molecular weight is 379 g/mol. The predicted octanol–water partition coefficient (Wildman–Crippen LogP) is 5.33. The second-order valence-corrected chi connectivity index (χ2v) is 7.50. The lowest BCUT2D eigenvalue weighted by Crippen LogP contribution is -2.06. The summed E-state index contributed by atoms with van der Waals surface area (Å²) in [7, 11) is 1.66. The van der Waals surface area contributed by atoms with Crippen molar-refractivity contribution in [2.45, 2.75) is 26.2 Å². The third-order valence-corrected chi connectivity index (χ3v) is 6.04. The summed E-state index contributed by atoms with van der Waals surface area (Å²) in [6, 6.07) is 12.1. The first-order valence-electron chi connectivity index (χ1n) is 9.14. The van der Waals surface area contributed by atoms with Crippen LogP contribution in [0, 0.1) is 0 Å². The van der Waals surface area contributed by atoms with E-state index in [-0.39, 0.29) is 5.97 Å². The van der Waals surface area contributed by atoms with Gasteiger partial charge in [-0.15, -0.1) is 11.3 Å². The van der Waals surface area contributed by atoms with E-state index in [0.717, 1.165) is 51.9 Å². The number of benzene rings is 2. The van der Waals surface area contributed by atoms with Crippen molar-refractivity contribution in [3.63, 3.8) is 0 Å². The number of nitrogens with zero attached hydrogens (tertiary/aromatic N) is 1. The Bertz CT molecular complexity index is 1040. The molecule has 138 valence electrons. The Morgan fingerprint density at radius 3 is 2.89 bits per heavy atom. The number of hydrogen-bond donors (Lipinski definition) is 0. The quantitative estimate of drug-likeness (QED) is 0.445. The van der Waals surface area contributed by atoms with Gasteiger partial charge in [0.2, 0.25) is 0 Å². The first-order valence-corrected chi connectivity index (χ1v) is 9.96. The summed E-state index contributed by atoms with van der Waals surface area (Å²) < 4.78 is 10.8. The SMILES string of the molecule is CCOC(=O)c1c(/N=C/c2c(OC)ccc3ccccc23)sc2c1CCC2. The number of aliphatic imine (C=N–C) groups is 1. The maximum absolute atomic E-state index is 12.5. The van der Waals surface area contributed by atoms with E-state index in [9.17, 15) is 4.79 Å². The van der Waals surface area contributed by atoms with Crippen molar-refractivity contribution in [3.8, 4) is 5.75 Å². The molecule has 1 aliphatic carbocycles. The van der Waals surface area contributed by atoms with Gasteiger partial charge in [-0.05, 0) is 48.6 Å². The van der Waals surface area contributed by atoms with E-state index in [1.54, 1.807) is 18.4 Å². The highest BCUT2D eigenvalue weighted by atomic mass is 32.1. The normalized spacial score (nSPS) is 13.3. The highest BCUT2D eigenvalue weighted by Crippen LogP contribution is 2.41. The lowest BCUT2D eigenvalue weighted by Gasteiger charge is -2.08. The molecule has 0 bridgehead atoms. The second kappa shape index (κ2) is 7.53. The lowest BCUT2D eigenvalue weighted by molar-refractivity contribution is 0.0527. The van der Waals surface area contributed by atoms with Gasteiger partial charge in [0.1, 0.15) is 10.8 Å². The molecule has 5 heteroatoms. The van der Waals surface area contributed by atoms with Gasteiger partial charge in [0, 0.05) is 16.7 Å². The van der Waals surface area contributed by atoms with Crippen molar-refractivity contribution in [1.29, 1.82) is 0 Å². The van der Waals surface area contributed by atoms with E-state index in [1.165, 1.54) is 4.88 Å². The second-order valence-electron chi connectivity index (χ2n) is 6.42. The van der Waals surface area contributed by atoms with Crippen LogP contribution >= 0.6 is 11.3 Å². The largest absolute Gasteiger partial charge is 0.496 e. The number of thiophene rings is 1. The molecule has 3 aromatic rings. The molecule has 4 rings (SSSR count). The summed E-state index contributed by atoms with van der Waals surface area (Å²) in [4.78, 5) is 18.5. The minimum atomic E-state index is -0.270. The van der Waals surface area contributed by atoms with Crippen LogP contribution in [0.25, 0.3) is 10.8 Å². The van der Waals surface area contributed by atoms with Crippen molar-refractivity contribution in [2.75, 3.05) is 13.7 Å². The Labute approximate surface area is 162 Å². The zero-order chi connectivity index (χ0) is 18.8. The van der Waals surface area contributed by atoms with Crippen LogP contribution in [0.5, 0.6) is 5.75 Å². The van der Waals surface area contributed by atoms with Crippen LogP contribution in [0.4, 0.5) is 5.00 Å². The zero-order valence-electron chi connectivity index (χ0n) is 15.5. The molecule has 27 heavy (non-hydrogen) atoms. The summed E-state index contributed by atoms with van der Waals surface area (Å²) >= 11 is 1.60. The number of carbonyl (C=O) groups is 1. The van der Waals surface area contributed by atoms with Gasteiger partial charge in [-0.25, -0.2) is 9.79 Å². The summed E-state index contributed by atoms with van der Waals surface area (Å²) in [5.74, 6) is 0.494. The first-order chi connectivity index (χ1) is 13.2. The summed E-state index contributed by atoms with van der Waals surface area (Å²) in [5, 5.41) is 2.93. The summed E-state index contributed by atoms with van der Waals surface area (Å²) in [5.41, 5.74) is 2.68. The van der Waals surface area contributed by atoms with Crippen molar-refractivity contribution in [3.05, 3.63) is 58.0 Å². The molecule has 0 saturated carbocycles. The van der Waals surface area contributed by atoms with Crippen molar-refractivity contribution >= 4 is 39.3 Å². The Kier molecular flexibility index (Phi) is 4.94. The maximum atomic E-state index is 12.5. The number of hydrogen-bond acceptors (Lipinski definition) is 5. The van der Waals surface area contributed by atoms with Gasteiger partial charge in [0.25, 0.3) is 0 Å². The van der Waals surface area contributed by atoms with Crippen molar-refractivity contribution in [2.24, 2.45) is 4.99 Å². The Balaban J connectivity index is 1.81. The van der Waals surface area contributed by atoms with Gasteiger partial charge in [-0.3, -0.25) is 0 Å². The molecular weight excluding hydrogens is 358 g/mol. The molecule has 0 radical (unpaired) electrons. The molecule has 0 N–H and O–H groups in total. The molecule has 0 spiro atoms. The molecule has 4 nitrogen and oxygen atoms in total. The lowest BCUT2D eigenvalue weighted by atomic mass is 10.0. The van der Waals surface area contributed by atoms with Gasteiger partial charge < -0.3 is 9.47 Å². The van der Waals surface area contributed by atoms with E-state index in [2.05, 4.69) is 12.1 Å². The third kappa shape index (κ3) is 3.23. The van der Waals surface area contributed by atoms with Gasteiger partial charge >= 0.3 is 5.97 Å². The number of carbonyl (C=O) groups excluding carboxylic acids is 1. The molecule has 0 saturated heterocycles. The van der Waals surface area contributed by atoms with Crippen LogP contribution in [0.15, 0.2) is 41.4 Å². The topological polar surface area (TPSA) is 47.9 Å². The molecule has 0 fully saturated rings. The maximum Gasteiger partial charge on any atom is 0.341 e. The van der Waals surface area contributed by atoms with E-state index in [4.69, 9.17) is 14.5 Å². The molecule has 1 aliphatic rings. The van der Waals surface area contributed by atoms with Crippen LogP contribution in [0.2, 0.25) is 0 Å². The van der Waals surface area contributed by atoms with Crippen molar-refractivity contribution < 1.29 is 14.3 Å². The zero-order valence-corrected chi connectivity index (χ0v) is 16.3. The fourth-order valence-corrected chi connectivity index (χ4v) is 4.83. The number of ether oxygens (including phenoxy) is 2. The van der Waals surface area contributed by atoms with Gasteiger partial charge in [0.15, 0.2) is 0 Å². The Hall–Kier alpha value is -2.66. The molecular formula is C22H21NO3S. The van der Waals surface area contributed by atoms with Crippen LogP contribution < -0.4 is 4.74 Å². The van der Waals surface area contributed by atoms with Gasteiger partial charge in [-0.1, -0.05) is 30.3 Å². The Morgan fingerprint density at radius 2 is 2.07 bits per heavy atom. The molecule has 0 atom stereocenters. The number of aryl methyl sites for hydroxylation is 1. The van der Waals surface area contributed by atoms with E-state index in [0.29, 0.717) is 12.2 Å². The molecule has 0 unspecified atom stereocenters. The van der Waals surface area contributed by atoms with Crippen molar-refractivity contribution in [1.82, 2.24) is 0 Å². The highest BCUT2D eigenvalue weighted by molar-refractivity contribution is 7.16. The fourth-order valence-electron chi connectivity index (χ4n) is 3.60. The number of methoxy groups -OCH3 is 1. The average Bonchev–Trinajstić information content (AvgIpc) is 3.26. The molecule has 0 amide bonds. The standard InChI is InChI=1S/C22H21NO3S/c1-3-26-22(24)20-16-9-6-10-19(16)27-21(20)23-13-17-15-8-5-4-7-14(15)11-12-18(17)25-2/h4-5,7-8,11-13H,3,6,9-10H2,1-2H3/b23-13+. The summed E-state index contributed by atoms with van der Waals surface area (Å²) in [6.07, 6.45) is 4.84. The fraction of sp³-hybridized carbons (Fsp3) is 0.273. The number of fused-ring (bicyclic) bond motifs is 2. The predicted molar refractivity (Wildman–Crippen MR) is 110 cm³/mol. The third-order valence-electron chi connectivity index (χ3n) is 4.84. The number of rotatable bonds is 5. The Morgan fingerprint density at radius 1 is 1.22 bits per heavy atom. The molecule has 1 heterocycles. The highest BCUT2D eigenvalue weighted by Gasteiger charge is 2.27. The van der Waals surface area contributed by atoms with Crippen LogP contribution in [0.1, 0.15) is 39.7 Å². The monoisotopic (exact) mass is 379 g/mol.